The van der Waals surface area contributed by atoms with Crippen LogP contribution in [0.15, 0.2) is 36.4 Å². The highest BCUT2D eigenvalue weighted by molar-refractivity contribution is 5.99. The van der Waals surface area contributed by atoms with Crippen molar-refractivity contribution in [2.75, 3.05) is 13.7 Å². The van der Waals surface area contributed by atoms with Crippen LogP contribution in [0.3, 0.4) is 0 Å². The van der Waals surface area contributed by atoms with Crippen molar-refractivity contribution in [2.24, 2.45) is 5.92 Å². The van der Waals surface area contributed by atoms with Crippen molar-refractivity contribution in [3.8, 4) is 5.75 Å². The molecular formula is C21H25NO4. The Labute approximate surface area is 153 Å². The van der Waals surface area contributed by atoms with Crippen LogP contribution >= 0.6 is 0 Å². The minimum atomic E-state index is -0.556. The summed E-state index contributed by atoms with van der Waals surface area (Å²) in [4.78, 5) is 24.6. The summed E-state index contributed by atoms with van der Waals surface area (Å²) in [6.07, 6.45) is 4.45. The van der Waals surface area contributed by atoms with Crippen LogP contribution in [-0.2, 0) is 9.53 Å². The molecule has 0 unspecified atom stereocenters. The van der Waals surface area contributed by atoms with Crippen LogP contribution < -0.4 is 10.1 Å². The Bertz CT molecular complexity index is 802. The van der Waals surface area contributed by atoms with Gasteiger partial charge in [-0.2, -0.15) is 0 Å². The van der Waals surface area contributed by atoms with Crippen molar-refractivity contribution in [1.82, 2.24) is 5.32 Å². The number of nitrogens with one attached hydrogen (secondary N) is 1. The fourth-order valence-corrected chi connectivity index (χ4v) is 3.54. The number of ether oxygens (including phenoxy) is 2. The number of benzene rings is 2. The van der Waals surface area contributed by atoms with Gasteiger partial charge in [0.05, 0.1) is 7.11 Å². The molecule has 1 fully saturated rings. The third-order valence-electron chi connectivity index (χ3n) is 5.08. The van der Waals surface area contributed by atoms with Crippen LogP contribution in [0.4, 0.5) is 0 Å². The molecule has 2 aromatic rings. The molecule has 1 amide bonds. The molecule has 2 aromatic carbocycles. The van der Waals surface area contributed by atoms with Gasteiger partial charge in [0.1, 0.15) is 11.3 Å². The third-order valence-corrected chi connectivity index (χ3v) is 5.08. The van der Waals surface area contributed by atoms with Gasteiger partial charge in [-0.05, 0) is 41.7 Å². The molecule has 0 spiro atoms. The molecule has 26 heavy (non-hydrogen) atoms. The Hall–Kier alpha value is -2.56. The van der Waals surface area contributed by atoms with E-state index < -0.39 is 5.97 Å². The van der Waals surface area contributed by atoms with Gasteiger partial charge in [0, 0.05) is 6.04 Å². The van der Waals surface area contributed by atoms with Crippen molar-refractivity contribution in [3.63, 3.8) is 0 Å². The van der Waals surface area contributed by atoms with Gasteiger partial charge in [-0.3, -0.25) is 4.79 Å². The van der Waals surface area contributed by atoms with E-state index in [9.17, 15) is 9.59 Å². The number of esters is 1. The molecule has 5 nitrogen and oxygen atoms in total. The van der Waals surface area contributed by atoms with Gasteiger partial charge in [0.15, 0.2) is 6.61 Å². The highest BCUT2D eigenvalue weighted by Gasteiger charge is 2.23. The first-order chi connectivity index (χ1) is 12.6. The first kappa shape index (κ1) is 18.2. The van der Waals surface area contributed by atoms with Gasteiger partial charge in [0.2, 0.25) is 0 Å². The molecule has 0 bridgehead atoms. The molecule has 2 atom stereocenters. The predicted molar refractivity (Wildman–Crippen MR) is 100 cm³/mol. The van der Waals surface area contributed by atoms with Crippen molar-refractivity contribution in [1.29, 1.82) is 0 Å². The van der Waals surface area contributed by atoms with Crippen molar-refractivity contribution < 1.29 is 19.1 Å². The second-order valence-electron chi connectivity index (χ2n) is 6.91. The molecule has 1 saturated carbocycles. The van der Waals surface area contributed by atoms with E-state index in [1.54, 1.807) is 12.1 Å². The monoisotopic (exact) mass is 355 g/mol. The molecule has 138 valence electrons. The van der Waals surface area contributed by atoms with Gasteiger partial charge in [-0.25, -0.2) is 4.79 Å². The van der Waals surface area contributed by atoms with Gasteiger partial charge < -0.3 is 14.8 Å². The topological polar surface area (TPSA) is 64.6 Å². The maximum atomic E-state index is 12.4. The van der Waals surface area contributed by atoms with Gasteiger partial charge in [-0.1, -0.05) is 44.0 Å². The Morgan fingerprint density at radius 1 is 1.12 bits per heavy atom. The first-order valence-corrected chi connectivity index (χ1v) is 9.11. The summed E-state index contributed by atoms with van der Waals surface area (Å²) in [6.45, 7) is 1.87. The second-order valence-corrected chi connectivity index (χ2v) is 6.91. The van der Waals surface area contributed by atoms with E-state index in [1.165, 1.54) is 13.5 Å². The summed E-state index contributed by atoms with van der Waals surface area (Å²) in [5, 5.41) is 4.88. The van der Waals surface area contributed by atoms with E-state index >= 15 is 0 Å². The summed E-state index contributed by atoms with van der Waals surface area (Å²) in [5.74, 6) is 0.0929. The Morgan fingerprint density at radius 3 is 2.50 bits per heavy atom. The number of fused-ring (bicyclic) bond motifs is 1. The average Bonchev–Trinajstić information content (AvgIpc) is 2.66. The van der Waals surface area contributed by atoms with E-state index in [0.29, 0.717) is 17.2 Å². The number of hydrogen-bond donors (Lipinski definition) is 1. The summed E-state index contributed by atoms with van der Waals surface area (Å²) < 4.78 is 10.5. The van der Waals surface area contributed by atoms with Crippen LogP contribution in [-0.4, -0.2) is 31.6 Å². The molecule has 1 N–H and O–H groups in total. The molecular weight excluding hydrogens is 330 g/mol. The number of rotatable bonds is 5. The summed E-state index contributed by atoms with van der Waals surface area (Å²) in [7, 11) is 1.51. The average molecular weight is 355 g/mol. The maximum Gasteiger partial charge on any atom is 0.342 e. The number of methoxy groups -OCH3 is 1. The lowest BCUT2D eigenvalue weighted by Gasteiger charge is -2.29. The van der Waals surface area contributed by atoms with Crippen LogP contribution in [0.5, 0.6) is 5.75 Å². The molecule has 0 radical (unpaired) electrons. The maximum absolute atomic E-state index is 12.4. The molecule has 0 aliphatic heterocycles. The number of hydrogen-bond acceptors (Lipinski definition) is 4. The highest BCUT2D eigenvalue weighted by Crippen LogP contribution is 2.27. The summed E-state index contributed by atoms with van der Waals surface area (Å²) in [6, 6.07) is 11.4. The number of carbonyl (C=O) groups excluding carboxylic acids is 2. The zero-order valence-corrected chi connectivity index (χ0v) is 15.3. The van der Waals surface area contributed by atoms with Crippen LogP contribution in [0.25, 0.3) is 10.8 Å². The third kappa shape index (κ3) is 4.15. The molecule has 0 aromatic heterocycles. The fraction of sp³-hybridized carbons (Fsp3) is 0.429. The van der Waals surface area contributed by atoms with Crippen LogP contribution in [0, 0.1) is 5.92 Å². The minimum Gasteiger partial charge on any atom is -0.496 e. The van der Waals surface area contributed by atoms with E-state index in [-0.39, 0.29) is 18.6 Å². The Balaban J connectivity index is 1.64. The van der Waals surface area contributed by atoms with Gasteiger partial charge in [-0.15, -0.1) is 0 Å². The quantitative estimate of drug-likeness (QED) is 0.831. The molecule has 1 aliphatic carbocycles. The minimum absolute atomic E-state index is 0.171. The number of carbonyl (C=O) groups is 2. The summed E-state index contributed by atoms with van der Waals surface area (Å²) in [5.41, 5.74) is 0.324. The highest BCUT2D eigenvalue weighted by atomic mass is 16.5. The van der Waals surface area contributed by atoms with Gasteiger partial charge in [0.25, 0.3) is 5.91 Å². The van der Waals surface area contributed by atoms with Crippen molar-refractivity contribution >= 4 is 22.6 Å². The van der Waals surface area contributed by atoms with E-state index in [2.05, 4.69) is 12.2 Å². The van der Waals surface area contributed by atoms with Crippen molar-refractivity contribution in [3.05, 3.63) is 42.0 Å². The van der Waals surface area contributed by atoms with Crippen LogP contribution in [0.2, 0.25) is 0 Å². The lowest BCUT2D eigenvalue weighted by Crippen LogP contribution is -2.42. The molecule has 0 heterocycles. The summed E-state index contributed by atoms with van der Waals surface area (Å²) >= 11 is 0. The molecule has 3 rings (SSSR count). The molecule has 5 heteroatoms. The van der Waals surface area contributed by atoms with Crippen molar-refractivity contribution in [2.45, 2.75) is 38.6 Å². The predicted octanol–water partition coefficient (Wildman–Crippen LogP) is 3.70. The fourth-order valence-electron chi connectivity index (χ4n) is 3.54. The smallest absolute Gasteiger partial charge is 0.342 e. The molecule has 1 aliphatic rings. The standard InChI is InChI=1S/C21H25NO4/c1-14-7-3-6-10-18(14)22-20(23)13-26-21(24)17-11-15-8-4-5-9-16(15)12-19(17)25-2/h4-5,8-9,11-12,14,18H,3,6-7,10,13H2,1-2H3,(H,22,23)/t14-,18-/m1/s1. The molecule has 0 saturated heterocycles. The lowest BCUT2D eigenvalue weighted by molar-refractivity contribution is -0.125. The second kappa shape index (κ2) is 8.21. The van der Waals surface area contributed by atoms with E-state index in [4.69, 9.17) is 9.47 Å². The SMILES string of the molecule is COc1cc2ccccc2cc1C(=O)OCC(=O)N[C@@H]1CCCC[C@H]1C. The normalized spacial score (nSPS) is 19.8. The zero-order chi connectivity index (χ0) is 18.5. The van der Waals surface area contributed by atoms with Crippen LogP contribution in [0.1, 0.15) is 43.0 Å². The van der Waals surface area contributed by atoms with Gasteiger partial charge >= 0.3 is 5.97 Å². The number of amides is 1. The zero-order valence-electron chi connectivity index (χ0n) is 15.3. The first-order valence-electron chi connectivity index (χ1n) is 9.11. The lowest BCUT2D eigenvalue weighted by atomic mass is 9.86. The Kier molecular flexibility index (Phi) is 5.76. The Morgan fingerprint density at radius 2 is 1.81 bits per heavy atom. The largest absolute Gasteiger partial charge is 0.496 e. The van der Waals surface area contributed by atoms with E-state index in [0.717, 1.165) is 30.0 Å². The van der Waals surface area contributed by atoms with E-state index in [1.807, 2.05) is 24.3 Å².